The third-order valence-corrected chi connectivity index (χ3v) is 4.20. The number of pyridine rings is 1. The van der Waals surface area contributed by atoms with E-state index in [9.17, 15) is 14.4 Å². The second-order valence-corrected chi connectivity index (χ2v) is 5.97. The predicted molar refractivity (Wildman–Crippen MR) is 92.1 cm³/mol. The molecule has 1 saturated heterocycles. The van der Waals surface area contributed by atoms with E-state index in [0.29, 0.717) is 5.69 Å². The first-order chi connectivity index (χ1) is 12.0. The molecule has 0 unspecified atom stereocenters. The number of benzene rings is 1. The van der Waals surface area contributed by atoms with Crippen LogP contribution in [0.15, 0.2) is 47.3 Å². The molecule has 1 aromatic carbocycles. The van der Waals surface area contributed by atoms with Crippen molar-refractivity contribution >= 4 is 17.5 Å². The van der Waals surface area contributed by atoms with Gasteiger partial charge in [0, 0.05) is 12.7 Å². The highest BCUT2D eigenvalue weighted by molar-refractivity contribution is 5.96. The molecule has 2 heterocycles. The van der Waals surface area contributed by atoms with Gasteiger partial charge in [0.1, 0.15) is 12.3 Å². The second-order valence-electron chi connectivity index (χ2n) is 5.97. The molecule has 2 aromatic rings. The minimum absolute atomic E-state index is 0.144. The Morgan fingerprint density at radius 1 is 1.20 bits per heavy atom. The Hall–Kier alpha value is -2.93. The summed E-state index contributed by atoms with van der Waals surface area (Å²) in [5, 5.41) is 2.60. The molecule has 0 spiro atoms. The number of H-pyrrole nitrogens is 1. The SMILES string of the molecule is Cc1ccc(NC(=O)[C@H]2OCC(=O)N(C)[C@@H]2c2ccccc2)c(=O)[nH]1. The van der Waals surface area contributed by atoms with Crippen LogP contribution >= 0.6 is 0 Å². The molecule has 1 aliphatic rings. The highest BCUT2D eigenvalue weighted by Crippen LogP contribution is 2.29. The molecule has 2 atom stereocenters. The van der Waals surface area contributed by atoms with Gasteiger partial charge in [-0.25, -0.2) is 0 Å². The van der Waals surface area contributed by atoms with Gasteiger partial charge in [0.15, 0.2) is 6.10 Å². The molecule has 1 aromatic heterocycles. The Balaban J connectivity index is 1.88. The lowest BCUT2D eigenvalue weighted by atomic mass is 9.97. The van der Waals surface area contributed by atoms with E-state index in [4.69, 9.17) is 4.74 Å². The molecular weight excluding hydrogens is 322 g/mol. The van der Waals surface area contributed by atoms with Crippen molar-refractivity contribution in [3.05, 3.63) is 64.1 Å². The molecule has 7 heteroatoms. The Kier molecular flexibility index (Phi) is 4.67. The first-order valence-electron chi connectivity index (χ1n) is 7.90. The Morgan fingerprint density at radius 2 is 1.92 bits per heavy atom. The smallest absolute Gasteiger partial charge is 0.271 e. The number of amides is 2. The fraction of sp³-hybridized carbons (Fsp3) is 0.278. The predicted octanol–water partition coefficient (Wildman–Crippen LogP) is 1.22. The van der Waals surface area contributed by atoms with Gasteiger partial charge in [0.2, 0.25) is 5.91 Å². The van der Waals surface area contributed by atoms with Crippen molar-refractivity contribution in [3.63, 3.8) is 0 Å². The number of aryl methyl sites for hydroxylation is 1. The van der Waals surface area contributed by atoms with Crippen LogP contribution in [0.4, 0.5) is 5.69 Å². The van der Waals surface area contributed by atoms with Crippen molar-refractivity contribution in [2.75, 3.05) is 19.0 Å². The summed E-state index contributed by atoms with van der Waals surface area (Å²) in [6, 6.07) is 11.9. The highest BCUT2D eigenvalue weighted by Gasteiger charge is 2.40. The molecule has 3 rings (SSSR count). The fourth-order valence-corrected chi connectivity index (χ4v) is 2.85. The van der Waals surface area contributed by atoms with E-state index in [1.165, 1.54) is 4.90 Å². The number of ether oxygens (including phenoxy) is 1. The fourth-order valence-electron chi connectivity index (χ4n) is 2.85. The summed E-state index contributed by atoms with van der Waals surface area (Å²) >= 11 is 0. The lowest BCUT2D eigenvalue weighted by molar-refractivity contribution is -0.160. The van der Waals surface area contributed by atoms with Crippen molar-refractivity contribution in [1.29, 1.82) is 0 Å². The van der Waals surface area contributed by atoms with Crippen LogP contribution in [0.25, 0.3) is 0 Å². The molecule has 1 fully saturated rings. The van der Waals surface area contributed by atoms with E-state index in [1.54, 1.807) is 26.1 Å². The highest BCUT2D eigenvalue weighted by atomic mass is 16.5. The van der Waals surface area contributed by atoms with Gasteiger partial charge in [-0.1, -0.05) is 30.3 Å². The zero-order valence-electron chi connectivity index (χ0n) is 14.0. The van der Waals surface area contributed by atoms with Gasteiger partial charge in [-0.2, -0.15) is 0 Å². The van der Waals surface area contributed by atoms with E-state index < -0.39 is 18.1 Å². The van der Waals surface area contributed by atoms with Crippen LogP contribution in [0.1, 0.15) is 17.3 Å². The van der Waals surface area contributed by atoms with Crippen LogP contribution in [0.2, 0.25) is 0 Å². The van der Waals surface area contributed by atoms with E-state index in [2.05, 4.69) is 10.3 Å². The van der Waals surface area contributed by atoms with Crippen molar-refractivity contribution in [3.8, 4) is 0 Å². The lowest BCUT2D eigenvalue weighted by Crippen LogP contribution is -2.51. The molecular formula is C18H19N3O4. The normalized spacial score (nSPS) is 20.4. The minimum Gasteiger partial charge on any atom is -0.356 e. The molecule has 2 amide bonds. The standard InChI is InChI=1S/C18H19N3O4/c1-11-8-9-13(17(23)19-11)20-18(24)16-15(12-6-4-3-5-7-12)21(2)14(22)10-25-16/h3-9,15-16H,10H2,1-2H3,(H,19,23)(H,20,24)/t15-,16+/m1/s1. The number of aromatic nitrogens is 1. The van der Waals surface area contributed by atoms with Gasteiger partial charge in [-0.15, -0.1) is 0 Å². The van der Waals surface area contributed by atoms with Crippen LogP contribution in [0.5, 0.6) is 0 Å². The number of carbonyl (C=O) groups excluding carboxylic acids is 2. The van der Waals surface area contributed by atoms with Gasteiger partial charge in [0.25, 0.3) is 11.5 Å². The summed E-state index contributed by atoms with van der Waals surface area (Å²) in [7, 11) is 1.64. The largest absolute Gasteiger partial charge is 0.356 e. The van der Waals surface area contributed by atoms with Gasteiger partial charge >= 0.3 is 0 Å². The average molecular weight is 341 g/mol. The van der Waals surface area contributed by atoms with Crippen LogP contribution in [-0.4, -0.2) is 41.5 Å². The summed E-state index contributed by atoms with van der Waals surface area (Å²) in [6.45, 7) is 1.57. The number of carbonyl (C=O) groups is 2. The Morgan fingerprint density at radius 3 is 2.60 bits per heavy atom. The number of morpholine rings is 1. The van der Waals surface area contributed by atoms with Crippen molar-refractivity contribution in [2.45, 2.75) is 19.1 Å². The summed E-state index contributed by atoms with van der Waals surface area (Å²) in [4.78, 5) is 40.8. The van der Waals surface area contributed by atoms with Crippen LogP contribution < -0.4 is 10.9 Å². The molecule has 25 heavy (non-hydrogen) atoms. The third-order valence-electron chi connectivity index (χ3n) is 4.20. The minimum atomic E-state index is -0.911. The molecule has 0 radical (unpaired) electrons. The molecule has 0 bridgehead atoms. The summed E-state index contributed by atoms with van der Waals surface area (Å²) in [5.41, 5.74) is 1.25. The lowest BCUT2D eigenvalue weighted by Gasteiger charge is -2.38. The number of nitrogens with one attached hydrogen (secondary N) is 2. The second kappa shape index (κ2) is 6.90. The number of hydrogen-bond acceptors (Lipinski definition) is 4. The summed E-state index contributed by atoms with van der Waals surface area (Å²) in [6.07, 6.45) is -0.911. The number of likely N-dealkylation sites (N-methyl/N-ethyl adjacent to an activating group) is 1. The van der Waals surface area contributed by atoms with E-state index in [1.807, 2.05) is 30.3 Å². The first kappa shape index (κ1) is 16.9. The molecule has 0 saturated carbocycles. The zero-order chi connectivity index (χ0) is 18.0. The quantitative estimate of drug-likeness (QED) is 0.878. The number of rotatable bonds is 3. The van der Waals surface area contributed by atoms with Gasteiger partial charge in [0.05, 0.1) is 6.04 Å². The van der Waals surface area contributed by atoms with Crippen molar-refractivity contribution in [2.24, 2.45) is 0 Å². The number of hydrogen-bond donors (Lipinski definition) is 2. The molecule has 130 valence electrons. The number of nitrogens with zero attached hydrogens (tertiary/aromatic N) is 1. The summed E-state index contributed by atoms with van der Waals surface area (Å²) in [5.74, 6) is -0.673. The maximum Gasteiger partial charge on any atom is 0.271 e. The maximum atomic E-state index is 12.7. The number of aromatic amines is 1. The maximum absolute atomic E-state index is 12.7. The topological polar surface area (TPSA) is 91.5 Å². The first-order valence-corrected chi connectivity index (χ1v) is 7.90. The van der Waals surface area contributed by atoms with E-state index >= 15 is 0 Å². The van der Waals surface area contributed by atoms with Gasteiger partial charge < -0.3 is 19.9 Å². The monoisotopic (exact) mass is 341 g/mol. The molecule has 2 N–H and O–H groups in total. The zero-order valence-corrected chi connectivity index (χ0v) is 14.0. The van der Waals surface area contributed by atoms with Gasteiger partial charge in [-0.3, -0.25) is 14.4 Å². The average Bonchev–Trinajstić information content (AvgIpc) is 2.60. The van der Waals surface area contributed by atoms with Gasteiger partial charge in [-0.05, 0) is 24.6 Å². The molecule has 1 aliphatic heterocycles. The van der Waals surface area contributed by atoms with E-state index in [0.717, 1.165) is 5.56 Å². The Labute approximate surface area is 144 Å². The number of anilines is 1. The van der Waals surface area contributed by atoms with Crippen molar-refractivity contribution in [1.82, 2.24) is 9.88 Å². The third kappa shape index (κ3) is 3.46. The van der Waals surface area contributed by atoms with E-state index in [-0.39, 0.29) is 23.8 Å². The van der Waals surface area contributed by atoms with Crippen LogP contribution in [0.3, 0.4) is 0 Å². The summed E-state index contributed by atoms with van der Waals surface area (Å²) < 4.78 is 5.51. The Bertz CT molecular complexity index is 847. The molecule has 0 aliphatic carbocycles. The van der Waals surface area contributed by atoms with Crippen molar-refractivity contribution < 1.29 is 14.3 Å². The van der Waals surface area contributed by atoms with Crippen LogP contribution in [0, 0.1) is 6.92 Å². The van der Waals surface area contributed by atoms with Crippen LogP contribution in [-0.2, 0) is 14.3 Å². The molecule has 7 nitrogen and oxygen atoms in total.